The lowest BCUT2D eigenvalue weighted by molar-refractivity contribution is 0.00578. The maximum absolute atomic E-state index is 13.7. The van der Waals surface area contributed by atoms with Gasteiger partial charge in [0.2, 0.25) is 0 Å². The van der Waals surface area contributed by atoms with Crippen molar-refractivity contribution in [3.05, 3.63) is 296 Å². The zero-order chi connectivity index (χ0) is 87.9. The third-order valence-corrected chi connectivity index (χ3v) is 21.2. The number of ether oxygens (including phenoxy) is 3. The predicted molar refractivity (Wildman–Crippen MR) is 450 cm³/mol. The molecule has 119 heavy (non-hydrogen) atoms. The van der Waals surface area contributed by atoms with Gasteiger partial charge in [-0.2, -0.15) is 0 Å². The number of nitrogen functional groups attached to an aromatic ring is 1. The van der Waals surface area contributed by atoms with Gasteiger partial charge in [-0.05, 0) is 257 Å². The number of aryl methyl sites for hydroxylation is 2. The lowest BCUT2D eigenvalue weighted by Gasteiger charge is -2.32. The van der Waals surface area contributed by atoms with Gasteiger partial charge in [-0.3, -0.25) is 14.4 Å². The molecule has 3 saturated heterocycles. The van der Waals surface area contributed by atoms with E-state index in [1.54, 1.807) is 97.1 Å². The third kappa shape index (κ3) is 23.9. The molecule has 0 bridgehead atoms. The summed E-state index contributed by atoms with van der Waals surface area (Å²) in [6.45, 7) is 27.8. The van der Waals surface area contributed by atoms with Gasteiger partial charge in [0.15, 0.2) is 23.5 Å². The molecule has 10 aromatic rings. The Morgan fingerprint density at radius 3 is 0.941 bits per heavy atom. The fourth-order valence-corrected chi connectivity index (χ4v) is 11.7. The Labute approximate surface area is 700 Å². The lowest BCUT2D eigenvalue weighted by atomic mass is 9.79. The molecule has 0 aromatic heterocycles. The van der Waals surface area contributed by atoms with Crippen molar-refractivity contribution in [2.24, 2.45) is 0 Å². The molecule has 13 rings (SSSR count). The average molecular weight is 1730 g/mol. The second-order valence-corrected chi connectivity index (χ2v) is 31.3. The number of hydrogen-bond donors (Lipinski definition) is 4. The van der Waals surface area contributed by atoms with Gasteiger partial charge < -0.3 is 63.8 Å². The van der Waals surface area contributed by atoms with E-state index in [4.69, 9.17) is 50.0 Å². The first-order valence-corrected chi connectivity index (χ1v) is 38.3. The zero-order valence-corrected chi connectivity index (χ0v) is 70.5. The summed E-state index contributed by atoms with van der Waals surface area (Å²) < 4.78 is 158. The molecule has 3 heterocycles. The number of esters is 2. The number of nitrogens with one attached hydrogen (secondary N) is 3. The van der Waals surface area contributed by atoms with Crippen LogP contribution in [-0.4, -0.2) is 105 Å². The van der Waals surface area contributed by atoms with Crippen molar-refractivity contribution in [2.45, 2.75) is 131 Å². The highest BCUT2D eigenvalue weighted by Gasteiger charge is 2.54. The van der Waals surface area contributed by atoms with Crippen LogP contribution < -0.4 is 42.8 Å². The van der Waals surface area contributed by atoms with Gasteiger partial charge >= 0.3 is 33.3 Å². The monoisotopic (exact) mass is 1720 g/mol. The molecule has 0 atom stereocenters. The van der Waals surface area contributed by atoms with Crippen LogP contribution in [0.1, 0.15) is 146 Å². The van der Waals surface area contributed by atoms with Crippen molar-refractivity contribution in [1.82, 2.24) is 0 Å². The second-order valence-electron chi connectivity index (χ2n) is 30.2. The van der Waals surface area contributed by atoms with Crippen LogP contribution in [0.15, 0.2) is 211 Å². The highest BCUT2D eigenvalue weighted by atomic mass is 79.9. The van der Waals surface area contributed by atoms with Crippen molar-refractivity contribution in [3.8, 4) is 16.9 Å². The Balaban J connectivity index is 0.000000184. The summed E-state index contributed by atoms with van der Waals surface area (Å²) >= 11 is 8.46. The van der Waals surface area contributed by atoms with E-state index < -0.39 is 129 Å². The number of benzene rings is 10. The minimum atomic E-state index is -0.927. The summed E-state index contributed by atoms with van der Waals surface area (Å²) in [4.78, 5) is 59.2. The van der Waals surface area contributed by atoms with Gasteiger partial charge in [0, 0.05) is 27.2 Å². The second kappa shape index (κ2) is 39.9. The Morgan fingerprint density at radius 2 is 0.655 bits per heavy atom. The van der Waals surface area contributed by atoms with Crippen LogP contribution in [0.5, 0.6) is 5.75 Å². The summed E-state index contributed by atoms with van der Waals surface area (Å²) in [5, 5.41) is 7.46. The van der Waals surface area contributed by atoms with Gasteiger partial charge in [-0.1, -0.05) is 112 Å². The number of nitrogens with two attached hydrogens (primary N) is 1. The quantitative estimate of drug-likeness (QED) is 0.0261. The largest absolute Gasteiger partial charge is 0.494 e. The van der Waals surface area contributed by atoms with Gasteiger partial charge in [0.05, 0.1) is 59.0 Å². The number of para-hydroxylation sites is 1. The molecule has 0 saturated carbocycles. The lowest BCUT2D eigenvalue weighted by Crippen LogP contribution is -2.41. The number of rotatable bonds is 14. The van der Waals surface area contributed by atoms with Crippen LogP contribution in [0, 0.1) is 60.4 Å². The first-order chi connectivity index (χ1) is 55.8. The number of amides is 3. The Kier molecular flexibility index (Phi) is 31.5. The fourth-order valence-electron chi connectivity index (χ4n) is 11.2. The Hall–Kier alpha value is -10.7. The van der Waals surface area contributed by atoms with Gasteiger partial charge in [0.1, 0.15) is 51.6 Å². The van der Waals surface area contributed by atoms with Crippen LogP contribution in [-0.2, 0) is 37.4 Å². The van der Waals surface area contributed by atoms with Crippen LogP contribution in [0.2, 0.25) is 0 Å². The summed E-state index contributed by atoms with van der Waals surface area (Å²) in [6.07, 6.45) is 0. The smallest absolute Gasteiger partial charge is 0.472 e. The Morgan fingerprint density at radius 1 is 0.387 bits per heavy atom. The summed E-state index contributed by atoms with van der Waals surface area (Å²) in [6, 6.07) is 51.5. The molecule has 624 valence electrons. The molecule has 5 N–H and O–H groups in total. The third-order valence-electron chi connectivity index (χ3n) is 20.2. The van der Waals surface area contributed by atoms with E-state index >= 15 is 0 Å². The van der Waals surface area contributed by atoms with Crippen LogP contribution in [0.3, 0.4) is 0 Å². The van der Waals surface area contributed by atoms with Crippen molar-refractivity contribution >= 4 is 118 Å². The number of hydrogen-bond acceptors (Lipinski definition) is 15. The summed E-state index contributed by atoms with van der Waals surface area (Å²) in [7, 11) is 1.35. The minimum Gasteiger partial charge on any atom is -0.472 e. The van der Waals surface area contributed by atoms with Crippen LogP contribution >= 0.6 is 27.5 Å². The van der Waals surface area contributed by atoms with Crippen molar-refractivity contribution in [1.29, 1.82) is 0 Å². The Bertz CT molecular complexity index is 5000. The maximum Gasteiger partial charge on any atom is 0.494 e. The van der Waals surface area contributed by atoms with E-state index in [2.05, 4.69) is 41.4 Å². The highest BCUT2D eigenvalue weighted by Crippen LogP contribution is 2.40. The number of carbonyl (C=O) groups excluding carboxylic acids is 5. The molecule has 0 radical (unpaired) electrons. The van der Waals surface area contributed by atoms with Gasteiger partial charge in [-0.15, -0.1) is 0 Å². The zero-order valence-electron chi connectivity index (χ0n) is 68.1. The number of alkyl halides is 1. The molecule has 31 heteroatoms. The molecule has 3 aliphatic rings. The predicted octanol–water partition coefficient (Wildman–Crippen LogP) is 18.7. The molecular weight excluding hydrogens is 1640 g/mol. The van der Waals surface area contributed by atoms with Crippen LogP contribution in [0.25, 0.3) is 11.1 Å². The molecule has 0 aliphatic carbocycles. The van der Waals surface area contributed by atoms with E-state index in [9.17, 15) is 59.1 Å². The SMILES string of the molecule is CC1(C)OB(c2ccc(N)cc2)OC1(C)C.CC1(C)OB(c2ccc(NC(=O)c3c(F)cccc3F)cc2)OC1(C)C.CC1(C)OB(c2ccc(NC(=O)c3c(F)cccc3F)cc2)OC1(C)C.COC(=O)c1ccc(C)c(-c2ccc(NC(=O)c3c(F)cccc3F)cc2)c1.COC(=O)c1ccc(C)c(Br)c1.Fc1cccc(F)c1OCCl. The van der Waals surface area contributed by atoms with E-state index in [1.165, 1.54) is 38.5 Å². The van der Waals surface area contributed by atoms with Gasteiger partial charge in [0.25, 0.3) is 17.7 Å². The fraction of sp³-hybridized carbons (Fsp3) is 0.261. The summed E-state index contributed by atoms with van der Waals surface area (Å²) in [5.74, 6) is -10.7. The number of methoxy groups -OCH3 is 2. The molecule has 10 aromatic carbocycles. The molecule has 0 unspecified atom stereocenters. The first-order valence-electron chi connectivity index (χ1n) is 37.0. The molecule has 3 amide bonds. The summed E-state index contributed by atoms with van der Waals surface area (Å²) in [5.41, 5.74) is 10.7. The molecule has 0 spiro atoms. The number of halogens is 10. The number of anilines is 4. The highest BCUT2D eigenvalue weighted by molar-refractivity contribution is 9.10. The van der Waals surface area contributed by atoms with E-state index in [0.29, 0.717) is 28.2 Å². The van der Waals surface area contributed by atoms with E-state index in [-0.39, 0.29) is 30.4 Å². The minimum absolute atomic E-state index is 0.266. The van der Waals surface area contributed by atoms with Crippen molar-refractivity contribution < 1.29 is 101 Å². The van der Waals surface area contributed by atoms with E-state index in [0.717, 1.165) is 97.3 Å². The maximum atomic E-state index is 13.7. The van der Waals surface area contributed by atoms with Crippen LogP contribution in [0.4, 0.5) is 57.9 Å². The molecule has 18 nitrogen and oxygen atoms in total. The van der Waals surface area contributed by atoms with Crippen molar-refractivity contribution in [2.75, 3.05) is 42.0 Å². The number of carbonyl (C=O) groups is 5. The molecular formula is C88H89B3BrClF8N4O14. The molecule has 3 aliphatic heterocycles. The van der Waals surface area contributed by atoms with E-state index in [1.807, 2.05) is 133 Å². The van der Waals surface area contributed by atoms with Crippen molar-refractivity contribution in [3.63, 3.8) is 0 Å². The molecule has 3 fully saturated rings. The van der Waals surface area contributed by atoms with Gasteiger partial charge in [-0.25, -0.2) is 44.7 Å². The standard InChI is InChI=1S/C22H17F2NO3.2C19H20BF2NO3.C12H18BNO2.C9H9BrO2.C7H5ClF2O/c1-13-6-7-15(22(27)28-2)12-17(13)14-8-10-16(11-9-14)25-21(26)20-18(23)4-3-5-19(20)24;2*1-18(2)19(3,4)26-20(25-18)12-8-10-13(11-9-12)23-17(24)16-14(21)6-5-7-15(16)22;1-11(2)12(3,4)16-13(15-11)9-5-7-10(14)8-6-9;1-6-3-4-7(5-8(6)10)9(11)12-2;8-4-11-7-5(9)2-1-3-6(7)10/h3-12H,1-2H3,(H,25,26);2*5-11H,1-4H3,(H,23,24);5-8H,14H2,1-4H3;3-5H,1-2H3;1-3H,4H2. The first kappa shape index (κ1) is 93.8. The normalized spacial score (nSPS) is 15.2. The average Bonchev–Trinajstić information content (AvgIpc) is 1.68. The topological polar surface area (TPSA) is 231 Å².